The minimum absolute atomic E-state index is 0. The van der Waals surface area contributed by atoms with Gasteiger partial charge in [-0.15, -0.1) is 24.0 Å². The van der Waals surface area contributed by atoms with E-state index in [1.165, 1.54) is 27.4 Å². The van der Waals surface area contributed by atoms with E-state index in [0.29, 0.717) is 0 Å². The Labute approximate surface area is 188 Å². The molecule has 4 rings (SSSR count). The number of pyridine rings is 1. The Kier molecular flexibility index (Phi) is 7.46. The fourth-order valence-electron chi connectivity index (χ4n) is 3.56. The first-order chi connectivity index (χ1) is 13.8. The number of guanidine groups is 1. The Morgan fingerprint density at radius 3 is 2.52 bits per heavy atom. The van der Waals surface area contributed by atoms with Crippen molar-refractivity contribution < 1.29 is 0 Å². The summed E-state index contributed by atoms with van der Waals surface area (Å²) in [5.41, 5.74) is 4.83. The molecule has 150 valence electrons. The Bertz CT molecular complexity index is 1100. The first-order valence-electron chi connectivity index (χ1n) is 9.67. The molecule has 0 saturated heterocycles. The molecular formula is C23H26IN5. The maximum absolute atomic E-state index is 4.53. The Morgan fingerprint density at radius 2 is 1.69 bits per heavy atom. The summed E-state index contributed by atoms with van der Waals surface area (Å²) >= 11 is 0. The molecule has 0 amide bonds. The zero-order valence-corrected chi connectivity index (χ0v) is 18.8. The summed E-state index contributed by atoms with van der Waals surface area (Å²) in [6.45, 7) is 1.64. The van der Waals surface area contributed by atoms with Gasteiger partial charge in [-0.05, 0) is 36.1 Å². The first kappa shape index (κ1) is 21.1. The molecule has 0 atom stereocenters. The van der Waals surface area contributed by atoms with Gasteiger partial charge >= 0.3 is 0 Å². The number of aromatic nitrogens is 2. The van der Waals surface area contributed by atoms with Crippen LogP contribution in [0.5, 0.6) is 0 Å². The molecule has 2 aromatic heterocycles. The van der Waals surface area contributed by atoms with Crippen LogP contribution in [0.3, 0.4) is 0 Å². The first-order valence-corrected chi connectivity index (χ1v) is 9.67. The monoisotopic (exact) mass is 499 g/mol. The Balaban J connectivity index is 0.00000240. The van der Waals surface area contributed by atoms with E-state index in [-0.39, 0.29) is 24.0 Å². The number of halogens is 1. The summed E-state index contributed by atoms with van der Waals surface area (Å²) < 4.78 is 0. The molecule has 4 aromatic rings. The van der Waals surface area contributed by atoms with Gasteiger partial charge in [0, 0.05) is 48.8 Å². The number of rotatable bonds is 6. The van der Waals surface area contributed by atoms with Gasteiger partial charge in [0.2, 0.25) is 0 Å². The van der Waals surface area contributed by atoms with Gasteiger partial charge in [-0.3, -0.25) is 9.98 Å². The molecule has 0 aliphatic heterocycles. The molecule has 6 heteroatoms. The fourth-order valence-corrected chi connectivity index (χ4v) is 3.56. The largest absolute Gasteiger partial charge is 0.361 e. The standard InChI is InChI=1S/C23H25N5.HI/c1-24-23(27-15-12-19-16-28-21-10-3-2-9-20(19)21)26-14-11-18-7-4-6-17-8-5-13-25-22(17)18;/h2-10,13,16,28H,11-12,14-15H2,1H3,(H2,24,26,27);1H. The van der Waals surface area contributed by atoms with E-state index < -0.39 is 0 Å². The Hall–Kier alpha value is -2.61. The number of nitrogens with zero attached hydrogens (tertiary/aromatic N) is 2. The SMILES string of the molecule is CN=C(NCCc1c[nH]c2ccccc12)NCCc1cccc2cccnc12.I. The number of benzene rings is 2. The van der Waals surface area contributed by atoms with Gasteiger partial charge in [-0.1, -0.05) is 42.5 Å². The van der Waals surface area contributed by atoms with Crippen LogP contribution in [0, 0.1) is 0 Å². The second kappa shape index (κ2) is 10.2. The van der Waals surface area contributed by atoms with Crippen molar-refractivity contribution in [1.29, 1.82) is 0 Å². The lowest BCUT2D eigenvalue weighted by molar-refractivity contribution is 0.787. The highest BCUT2D eigenvalue weighted by Gasteiger charge is 2.05. The van der Waals surface area contributed by atoms with Crippen LogP contribution in [0.15, 0.2) is 72.0 Å². The van der Waals surface area contributed by atoms with Crippen LogP contribution in [0.1, 0.15) is 11.1 Å². The highest BCUT2D eigenvalue weighted by Crippen LogP contribution is 2.18. The molecule has 2 aromatic carbocycles. The summed E-state index contributed by atoms with van der Waals surface area (Å²) in [7, 11) is 1.81. The second-order valence-electron chi connectivity index (χ2n) is 6.78. The number of aromatic amines is 1. The third-order valence-electron chi connectivity index (χ3n) is 4.99. The van der Waals surface area contributed by atoms with E-state index in [1.807, 2.05) is 12.3 Å². The van der Waals surface area contributed by atoms with Crippen molar-refractivity contribution in [3.8, 4) is 0 Å². The molecule has 0 saturated carbocycles. The van der Waals surface area contributed by atoms with E-state index in [4.69, 9.17) is 0 Å². The van der Waals surface area contributed by atoms with E-state index >= 15 is 0 Å². The second-order valence-corrected chi connectivity index (χ2v) is 6.78. The normalized spacial score (nSPS) is 11.4. The summed E-state index contributed by atoms with van der Waals surface area (Å²) in [5, 5.41) is 9.28. The minimum Gasteiger partial charge on any atom is -0.361 e. The van der Waals surface area contributed by atoms with Crippen molar-refractivity contribution in [2.45, 2.75) is 12.8 Å². The number of para-hydroxylation sites is 2. The topological polar surface area (TPSA) is 65.1 Å². The lowest BCUT2D eigenvalue weighted by Crippen LogP contribution is -2.39. The Morgan fingerprint density at radius 1 is 0.931 bits per heavy atom. The average molecular weight is 499 g/mol. The van der Waals surface area contributed by atoms with Gasteiger partial charge in [0.05, 0.1) is 5.52 Å². The van der Waals surface area contributed by atoms with Crippen molar-refractivity contribution in [2.24, 2.45) is 4.99 Å². The maximum atomic E-state index is 4.53. The molecule has 0 spiro atoms. The highest BCUT2D eigenvalue weighted by atomic mass is 127. The summed E-state index contributed by atoms with van der Waals surface area (Å²) in [5.74, 6) is 0.827. The van der Waals surface area contributed by atoms with Crippen LogP contribution in [0.2, 0.25) is 0 Å². The zero-order valence-electron chi connectivity index (χ0n) is 16.5. The highest BCUT2D eigenvalue weighted by molar-refractivity contribution is 14.0. The van der Waals surface area contributed by atoms with Crippen molar-refractivity contribution in [1.82, 2.24) is 20.6 Å². The number of hydrogen-bond donors (Lipinski definition) is 3. The molecule has 0 aliphatic rings. The van der Waals surface area contributed by atoms with Gasteiger partial charge in [-0.25, -0.2) is 0 Å². The zero-order chi connectivity index (χ0) is 19.2. The summed E-state index contributed by atoms with van der Waals surface area (Å²) in [6.07, 6.45) is 5.79. The van der Waals surface area contributed by atoms with E-state index in [0.717, 1.165) is 37.4 Å². The molecule has 0 unspecified atom stereocenters. The number of fused-ring (bicyclic) bond motifs is 2. The number of H-pyrrole nitrogens is 1. The predicted molar refractivity (Wildman–Crippen MR) is 132 cm³/mol. The third-order valence-corrected chi connectivity index (χ3v) is 4.99. The molecule has 0 aliphatic carbocycles. The van der Waals surface area contributed by atoms with Crippen molar-refractivity contribution >= 4 is 51.7 Å². The van der Waals surface area contributed by atoms with Gasteiger partial charge in [0.1, 0.15) is 0 Å². The molecule has 0 fully saturated rings. The fraction of sp³-hybridized carbons (Fsp3) is 0.217. The van der Waals surface area contributed by atoms with Crippen molar-refractivity contribution in [3.05, 3.63) is 78.1 Å². The summed E-state index contributed by atoms with van der Waals surface area (Å²) in [6, 6.07) is 18.8. The van der Waals surface area contributed by atoms with Crippen LogP contribution in [0.25, 0.3) is 21.8 Å². The minimum atomic E-state index is 0. The van der Waals surface area contributed by atoms with E-state index in [9.17, 15) is 0 Å². The number of hydrogen-bond acceptors (Lipinski definition) is 2. The van der Waals surface area contributed by atoms with Gasteiger partial charge in [-0.2, -0.15) is 0 Å². The molecule has 29 heavy (non-hydrogen) atoms. The molecule has 0 radical (unpaired) electrons. The van der Waals surface area contributed by atoms with Crippen LogP contribution < -0.4 is 10.6 Å². The van der Waals surface area contributed by atoms with Crippen LogP contribution in [0.4, 0.5) is 0 Å². The smallest absolute Gasteiger partial charge is 0.190 e. The molecule has 0 bridgehead atoms. The van der Waals surface area contributed by atoms with Crippen LogP contribution in [-0.2, 0) is 12.8 Å². The lowest BCUT2D eigenvalue weighted by atomic mass is 10.1. The van der Waals surface area contributed by atoms with Gasteiger partial charge < -0.3 is 15.6 Å². The van der Waals surface area contributed by atoms with Crippen LogP contribution >= 0.6 is 24.0 Å². The van der Waals surface area contributed by atoms with E-state index in [1.54, 1.807) is 7.05 Å². The molecule has 3 N–H and O–H groups in total. The predicted octanol–water partition coefficient (Wildman–Crippen LogP) is 4.28. The maximum Gasteiger partial charge on any atom is 0.190 e. The molecule has 2 heterocycles. The number of nitrogens with one attached hydrogen (secondary N) is 3. The number of aliphatic imine (C=N–C) groups is 1. The quantitative estimate of drug-likeness (QED) is 0.211. The van der Waals surface area contributed by atoms with Crippen molar-refractivity contribution in [3.63, 3.8) is 0 Å². The van der Waals surface area contributed by atoms with Gasteiger partial charge in [0.25, 0.3) is 0 Å². The summed E-state index contributed by atoms with van der Waals surface area (Å²) in [4.78, 5) is 12.2. The molecule has 5 nitrogen and oxygen atoms in total. The van der Waals surface area contributed by atoms with Crippen LogP contribution in [-0.4, -0.2) is 36.1 Å². The van der Waals surface area contributed by atoms with E-state index in [2.05, 4.69) is 80.3 Å². The lowest BCUT2D eigenvalue weighted by Gasteiger charge is -2.12. The van der Waals surface area contributed by atoms with Gasteiger partial charge in [0.15, 0.2) is 5.96 Å². The van der Waals surface area contributed by atoms with Crippen molar-refractivity contribution in [2.75, 3.05) is 20.1 Å². The average Bonchev–Trinajstić information content (AvgIpc) is 3.16. The molecular weight excluding hydrogens is 473 g/mol. The third kappa shape index (κ3) is 5.06.